The van der Waals surface area contributed by atoms with Crippen LogP contribution in [0, 0.1) is 18.3 Å². The molecule has 0 saturated heterocycles. The van der Waals surface area contributed by atoms with Crippen LogP contribution in [0.5, 0.6) is 0 Å². The van der Waals surface area contributed by atoms with Crippen LogP contribution in [0.2, 0.25) is 0 Å². The zero-order valence-electron chi connectivity index (χ0n) is 14.0. The molecule has 0 fully saturated rings. The molecule has 1 aromatic carbocycles. The van der Waals surface area contributed by atoms with Crippen LogP contribution in [0.15, 0.2) is 41.5 Å². The summed E-state index contributed by atoms with van der Waals surface area (Å²) in [7, 11) is 0. The number of aryl methyl sites for hydroxylation is 1. The summed E-state index contributed by atoms with van der Waals surface area (Å²) in [5.74, 6) is 1.30. The zero-order valence-corrected chi connectivity index (χ0v) is 14.0. The van der Waals surface area contributed by atoms with Crippen LogP contribution in [0.4, 0.5) is 5.69 Å². The van der Waals surface area contributed by atoms with Crippen molar-refractivity contribution in [3.05, 3.63) is 42.1 Å². The molecule has 116 valence electrons. The van der Waals surface area contributed by atoms with Gasteiger partial charge in [-0.25, -0.2) is 4.99 Å². The lowest BCUT2D eigenvalue weighted by molar-refractivity contribution is 0.442. The summed E-state index contributed by atoms with van der Waals surface area (Å²) < 4.78 is 0. The van der Waals surface area contributed by atoms with Gasteiger partial charge in [-0.05, 0) is 25.0 Å². The summed E-state index contributed by atoms with van der Waals surface area (Å²) in [4.78, 5) is 4.82. The van der Waals surface area contributed by atoms with E-state index in [0.717, 1.165) is 23.6 Å². The molecule has 3 N–H and O–H groups in total. The van der Waals surface area contributed by atoms with E-state index in [0.29, 0.717) is 12.5 Å². The highest BCUT2D eigenvalue weighted by Crippen LogP contribution is 2.23. The van der Waals surface area contributed by atoms with Gasteiger partial charge in [0.15, 0.2) is 0 Å². The Bertz CT molecular complexity index is 515. The predicted octanol–water partition coefficient (Wildman–Crippen LogP) is 4.16. The monoisotopic (exact) mass is 287 g/mol. The Morgan fingerprint density at radius 1 is 1.38 bits per heavy atom. The number of aliphatic imine (C=N–C) groups is 1. The van der Waals surface area contributed by atoms with E-state index >= 15 is 0 Å². The standard InChI is InChI=1S/C18H29N3/c1-7-13(2)17(20-15(4)18(5,6)12-19)21-16-11-9-8-10-14(16)3/h8-11,13H,4,7,12,19H2,1-3,5-6H3,(H,20,21). The number of nitrogens with zero attached hydrogens (tertiary/aromatic N) is 1. The van der Waals surface area contributed by atoms with Gasteiger partial charge in [-0.3, -0.25) is 0 Å². The van der Waals surface area contributed by atoms with E-state index in [-0.39, 0.29) is 5.41 Å². The Morgan fingerprint density at radius 3 is 2.52 bits per heavy atom. The fraction of sp³-hybridized carbons (Fsp3) is 0.500. The molecular formula is C18H29N3. The molecule has 0 aliphatic carbocycles. The van der Waals surface area contributed by atoms with Gasteiger partial charge < -0.3 is 11.1 Å². The number of rotatable bonds is 6. The van der Waals surface area contributed by atoms with Crippen LogP contribution < -0.4 is 11.1 Å². The molecule has 0 aliphatic rings. The largest absolute Gasteiger partial charge is 0.347 e. The SMILES string of the molecule is C=C(NC(=Nc1ccccc1C)C(C)CC)C(C)(C)CN. The predicted molar refractivity (Wildman–Crippen MR) is 92.8 cm³/mol. The van der Waals surface area contributed by atoms with Gasteiger partial charge in [-0.15, -0.1) is 0 Å². The molecule has 0 heterocycles. The first kappa shape index (κ1) is 17.4. The van der Waals surface area contributed by atoms with Crippen molar-refractivity contribution in [2.75, 3.05) is 6.54 Å². The third kappa shape index (κ3) is 4.71. The van der Waals surface area contributed by atoms with E-state index in [1.807, 2.05) is 18.2 Å². The minimum atomic E-state index is -0.153. The van der Waals surface area contributed by atoms with Gasteiger partial charge in [0.1, 0.15) is 5.84 Å². The summed E-state index contributed by atoms with van der Waals surface area (Å²) in [6.07, 6.45) is 1.02. The molecule has 0 saturated carbocycles. The quantitative estimate of drug-likeness (QED) is 0.609. The van der Waals surface area contributed by atoms with E-state index in [1.54, 1.807) is 0 Å². The fourth-order valence-electron chi connectivity index (χ4n) is 1.72. The highest BCUT2D eigenvalue weighted by atomic mass is 15.0. The van der Waals surface area contributed by atoms with Gasteiger partial charge in [0, 0.05) is 23.6 Å². The van der Waals surface area contributed by atoms with Crippen molar-refractivity contribution in [2.45, 2.75) is 41.0 Å². The molecule has 1 unspecified atom stereocenters. The van der Waals surface area contributed by atoms with Gasteiger partial charge in [-0.1, -0.05) is 52.5 Å². The molecule has 0 aromatic heterocycles. The summed E-state index contributed by atoms with van der Waals surface area (Å²) in [5.41, 5.74) is 8.76. The Hall–Kier alpha value is -1.61. The van der Waals surface area contributed by atoms with Crippen molar-refractivity contribution < 1.29 is 0 Å². The number of amidine groups is 1. The molecule has 0 radical (unpaired) electrons. The Kier molecular flexibility index (Phi) is 6.16. The van der Waals surface area contributed by atoms with Crippen LogP contribution in [0.3, 0.4) is 0 Å². The maximum absolute atomic E-state index is 5.83. The highest BCUT2D eigenvalue weighted by Gasteiger charge is 2.22. The van der Waals surface area contributed by atoms with Gasteiger partial charge in [0.05, 0.1) is 5.69 Å². The first-order valence-electron chi connectivity index (χ1n) is 7.62. The summed E-state index contributed by atoms with van der Waals surface area (Å²) in [6.45, 7) is 15.3. The van der Waals surface area contributed by atoms with Crippen molar-refractivity contribution in [3.8, 4) is 0 Å². The van der Waals surface area contributed by atoms with E-state index in [4.69, 9.17) is 10.7 Å². The number of nitrogens with two attached hydrogens (primary N) is 1. The molecule has 0 spiro atoms. The van der Waals surface area contributed by atoms with Crippen molar-refractivity contribution in [1.82, 2.24) is 5.32 Å². The van der Waals surface area contributed by atoms with Crippen LogP contribution in [0.25, 0.3) is 0 Å². The third-order valence-electron chi connectivity index (χ3n) is 4.04. The second kappa shape index (κ2) is 7.41. The maximum Gasteiger partial charge on any atom is 0.109 e. The average Bonchev–Trinajstić information content (AvgIpc) is 2.47. The molecule has 0 amide bonds. The molecule has 1 aromatic rings. The van der Waals surface area contributed by atoms with Crippen molar-refractivity contribution in [2.24, 2.45) is 22.1 Å². The number of hydrogen-bond donors (Lipinski definition) is 2. The normalized spacial score (nSPS) is 13.9. The number of benzene rings is 1. The molecule has 3 nitrogen and oxygen atoms in total. The lowest BCUT2D eigenvalue weighted by Gasteiger charge is -2.28. The van der Waals surface area contributed by atoms with E-state index in [9.17, 15) is 0 Å². The molecule has 0 aliphatic heterocycles. The summed E-state index contributed by atoms with van der Waals surface area (Å²) in [6, 6.07) is 8.15. The van der Waals surface area contributed by atoms with Crippen LogP contribution in [-0.4, -0.2) is 12.4 Å². The lowest BCUT2D eigenvalue weighted by Crippen LogP contribution is -2.37. The van der Waals surface area contributed by atoms with Crippen molar-refractivity contribution in [1.29, 1.82) is 0 Å². The Balaban J connectivity index is 3.08. The third-order valence-corrected chi connectivity index (χ3v) is 4.04. The molecular weight excluding hydrogens is 258 g/mol. The van der Waals surface area contributed by atoms with Crippen LogP contribution in [0.1, 0.15) is 39.7 Å². The second-order valence-corrected chi connectivity index (χ2v) is 6.28. The topological polar surface area (TPSA) is 50.4 Å². The first-order chi connectivity index (χ1) is 9.81. The van der Waals surface area contributed by atoms with E-state index < -0.39 is 0 Å². The maximum atomic E-state index is 5.83. The summed E-state index contributed by atoms with van der Waals surface area (Å²) in [5, 5.41) is 3.41. The Morgan fingerprint density at radius 2 is 2.00 bits per heavy atom. The molecule has 1 atom stereocenters. The van der Waals surface area contributed by atoms with Gasteiger partial charge >= 0.3 is 0 Å². The Labute approximate surface area is 129 Å². The number of nitrogens with one attached hydrogen (secondary N) is 1. The average molecular weight is 287 g/mol. The van der Waals surface area contributed by atoms with Gasteiger partial charge in [-0.2, -0.15) is 0 Å². The van der Waals surface area contributed by atoms with E-state index in [1.165, 1.54) is 5.56 Å². The highest BCUT2D eigenvalue weighted by molar-refractivity contribution is 5.88. The van der Waals surface area contributed by atoms with Gasteiger partial charge in [0.25, 0.3) is 0 Å². The van der Waals surface area contributed by atoms with Gasteiger partial charge in [0.2, 0.25) is 0 Å². The van der Waals surface area contributed by atoms with Crippen LogP contribution in [-0.2, 0) is 0 Å². The van der Waals surface area contributed by atoms with E-state index in [2.05, 4.69) is 52.6 Å². The van der Waals surface area contributed by atoms with Crippen LogP contribution >= 0.6 is 0 Å². The smallest absolute Gasteiger partial charge is 0.109 e. The second-order valence-electron chi connectivity index (χ2n) is 6.28. The fourth-order valence-corrected chi connectivity index (χ4v) is 1.72. The molecule has 3 heteroatoms. The number of hydrogen-bond acceptors (Lipinski definition) is 2. The lowest BCUT2D eigenvalue weighted by atomic mass is 9.89. The number of para-hydroxylation sites is 1. The first-order valence-corrected chi connectivity index (χ1v) is 7.62. The zero-order chi connectivity index (χ0) is 16.0. The minimum absolute atomic E-state index is 0.153. The molecule has 21 heavy (non-hydrogen) atoms. The van der Waals surface area contributed by atoms with Crippen molar-refractivity contribution >= 4 is 11.5 Å². The summed E-state index contributed by atoms with van der Waals surface area (Å²) >= 11 is 0. The molecule has 1 rings (SSSR count). The molecule has 0 bridgehead atoms. The minimum Gasteiger partial charge on any atom is -0.347 e. The van der Waals surface area contributed by atoms with Crippen molar-refractivity contribution in [3.63, 3.8) is 0 Å².